The molecule has 1 aromatic heterocycles. The number of amides is 1. The van der Waals surface area contributed by atoms with E-state index in [2.05, 4.69) is 10.6 Å². The second kappa shape index (κ2) is 7.61. The molecule has 5 nitrogen and oxygen atoms in total. The highest BCUT2D eigenvalue weighted by Crippen LogP contribution is 2.33. The Kier molecular flexibility index (Phi) is 5.03. The molecular weight excluding hydrogens is 362 g/mol. The van der Waals surface area contributed by atoms with Gasteiger partial charge in [0.2, 0.25) is 5.91 Å². The number of carbonyl (C=O) groups excluding carboxylic acids is 1. The predicted octanol–water partition coefficient (Wildman–Crippen LogP) is 4.45. The molecule has 3 aromatic rings. The number of carbonyl (C=O) groups is 1. The van der Waals surface area contributed by atoms with Crippen molar-refractivity contribution in [2.45, 2.75) is 32.4 Å². The van der Waals surface area contributed by atoms with Gasteiger partial charge in [0.25, 0.3) is 0 Å². The summed E-state index contributed by atoms with van der Waals surface area (Å²) >= 11 is 5.92. The first kappa shape index (κ1) is 17.9. The summed E-state index contributed by atoms with van der Waals surface area (Å²) in [6.07, 6.45) is 1.95. The van der Waals surface area contributed by atoms with Crippen molar-refractivity contribution < 1.29 is 9.53 Å². The lowest BCUT2D eigenvalue weighted by molar-refractivity contribution is -0.129. The molecule has 2 heterocycles. The number of likely N-dealkylation sites (tertiary alicyclic amines) is 1. The summed E-state index contributed by atoms with van der Waals surface area (Å²) in [6.45, 7) is 3.61. The molecule has 2 aromatic carbocycles. The van der Waals surface area contributed by atoms with Crippen LogP contribution in [0.25, 0.3) is 11.0 Å². The third kappa shape index (κ3) is 3.65. The van der Waals surface area contributed by atoms with Crippen molar-refractivity contribution in [2.75, 3.05) is 13.2 Å². The quantitative estimate of drug-likeness (QED) is 0.653. The highest BCUT2D eigenvalue weighted by atomic mass is 35.5. The van der Waals surface area contributed by atoms with Gasteiger partial charge in [0, 0.05) is 18.5 Å². The third-order valence-corrected chi connectivity index (χ3v) is 5.29. The van der Waals surface area contributed by atoms with Crippen molar-refractivity contribution >= 4 is 28.5 Å². The van der Waals surface area contributed by atoms with E-state index in [-0.39, 0.29) is 11.9 Å². The first-order chi connectivity index (χ1) is 13.1. The van der Waals surface area contributed by atoms with Crippen LogP contribution in [0.15, 0.2) is 48.5 Å². The molecule has 6 heteroatoms. The number of hydrogen-bond donors (Lipinski definition) is 0. The molecule has 27 heavy (non-hydrogen) atoms. The number of benzene rings is 2. The number of aromatic nitrogens is 2. The van der Waals surface area contributed by atoms with E-state index in [1.807, 2.05) is 47.4 Å². The molecule has 1 aliphatic rings. The van der Waals surface area contributed by atoms with E-state index in [0.29, 0.717) is 18.2 Å². The molecular formula is C21H22ClN3O2. The van der Waals surface area contributed by atoms with Crippen molar-refractivity contribution in [1.82, 2.24) is 14.5 Å². The topological polar surface area (TPSA) is 47.4 Å². The third-order valence-electron chi connectivity index (χ3n) is 5.04. The second-order valence-corrected chi connectivity index (χ2v) is 7.22. The van der Waals surface area contributed by atoms with Crippen LogP contribution in [0.4, 0.5) is 0 Å². The van der Waals surface area contributed by atoms with Crippen LogP contribution in [-0.2, 0) is 11.3 Å². The maximum atomic E-state index is 12.0. The molecule has 0 bridgehead atoms. The van der Waals surface area contributed by atoms with Crippen LogP contribution in [0.1, 0.15) is 31.6 Å². The molecule has 1 atom stereocenters. The number of para-hydroxylation sites is 2. The van der Waals surface area contributed by atoms with Gasteiger partial charge in [-0.05, 0) is 49.2 Å². The van der Waals surface area contributed by atoms with Crippen LogP contribution in [-0.4, -0.2) is 33.5 Å². The average molecular weight is 384 g/mol. The Balaban J connectivity index is 1.60. The Morgan fingerprint density at radius 3 is 2.78 bits per heavy atom. The van der Waals surface area contributed by atoms with Gasteiger partial charge in [-0.2, -0.15) is 0 Å². The van der Waals surface area contributed by atoms with Crippen molar-refractivity contribution in [3.63, 3.8) is 0 Å². The summed E-state index contributed by atoms with van der Waals surface area (Å²) in [5, 5.41) is 0.691. The molecule has 0 aliphatic carbocycles. The minimum Gasteiger partial charge on any atom is -0.492 e. The first-order valence-electron chi connectivity index (χ1n) is 9.24. The lowest BCUT2D eigenvalue weighted by atomic mass is 10.2. The molecule has 4 rings (SSSR count). The molecule has 1 saturated heterocycles. The Bertz CT molecular complexity index is 952. The fraction of sp³-hybridized carbons (Fsp3) is 0.333. The van der Waals surface area contributed by atoms with E-state index in [1.165, 1.54) is 0 Å². The van der Waals surface area contributed by atoms with Crippen LogP contribution in [0, 0.1) is 0 Å². The number of imidazole rings is 1. The highest BCUT2D eigenvalue weighted by molar-refractivity contribution is 6.30. The van der Waals surface area contributed by atoms with Gasteiger partial charge in [-0.1, -0.05) is 23.7 Å². The minimum absolute atomic E-state index is 0.0328. The Morgan fingerprint density at radius 2 is 2.00 bits per heavy atom. The zero-order valence-corrected chi connectivity index (χ0v) is 16.0. The largest absolute Gasteiger partial charge is 0.492 e. The average Bonchev–Trinajstić information content (AvgIpc) is 3.28. The standard InChI is InChI=1S/C21H22ClN3O2/c1-15(26)24-12-4-7-20(24)21-23-18-5-2-3-6-19(18)25(21)13-14-27-17-10-8-16(22)9-11-17/h2-3,5-6,8-11,20H,4,7,12-14H2,1H3/t20-/m0/s1. The van der Waals surface area contributed by atoms with Crippen LogP contribution in [0.3, 0.4) is 0 Å². The van der Waals surface area contributed by atoms with Crippen LogP contribution < -0.4 is 4.74 Å². The van der Waals surface area contributed by atoms with Gasteiger partial charge in [0.15, 0.2) is 0 Å². The van der Waals surface area contributed by atoms with Gasteiger partial charge in [-0.15, -0.1) is 0 Å². The highest BCUT2D eigenvalue weighted by Gasteiger charge is 2.32. The van der Waals surface area contributed by atoms with E-state index < -0.39 is 0 Å². The minimum atomic E-state index is 0.0328. The van der Waals surface area contributed by atoms with Crippen molar-refractivity contribution in [3.05, 3.63) is 59.4 Å². The van der Waals surface area contributed by atoms with Crippen molar-refractivity contribution in [3.8, 4) is 5.75 Å². The maximum Gasteiger partial charge on any atom is 0.220 e. The van der Waals surface area contributed by atoms with Gasteiger partial charge in [-0.25, -0.2) is 4.98 Å². The normalized spacial score (nSPS) is 16.8. The van der Waals surface area contributed by atoms with E-state index in [4.69, 9.17) is 21.3 Å². The zero-order chi connectivity index (χ0) is 18.8. The monoisotopic (exact) mass is 383 g/mol. The van der Waals surface area contributed by atoms with Gasteiger partial charge in [-0.3, -0.25) is 4.79 Å². The lowest BCUT2D eigenvalue weighted by Gasteiger charge is -2.24. The van der Waals surface area contributed by atoms with Gasteiger partial charge in [0.05, 0.1) is 23.6 Å². The summed E-state index contributed by atoms with van der Waals surface area (Å²) in [5.41, 5.74) is 2.03. The Hall–Kier alpha value is -2.53. The van der Waals surface area contributed by atoms with E-state index in [0.717, 1.165) is 42.0 Å². The Morgan fingerprint density at radius 1 is 1.22 bits per heavy atom. The summed E-state index contributed by atoms with van der Waals surface area (Å²) in [7, 11) is 0. The lowest BCUT2D eigenvalue weighted by Crippen LogP contribution is -2.30. The fourth-order valence-corrected chi connectivity index (χ4v) is 3.91. The fourth-order valence-electron chi connectivity index (χ4n) is 3.78. The zero-order valence-electron chi connectivity index (χ0n) is 15.3. The molecule has 1 aliphatic heterocycles. The molecule has 140 valence electrons. The molecule has 0 N–H and O–H groups in total. The molecule has 0 saturated carbocycles. The summed E-state index contributed by atoms with van der Waals surface area (Å²) < 4.78 is 8.08. The predicted molar refractivity (Wildman–Crippen MR) is 106 cm³/mol. The summed E-state index contributed by atoms with van der Waals surface area (Å²) in [6, 6.07) is 15.5. The molecule has 0 spiro atoms. The van der Waals surface area contributed by atoms with Crippen LogP contribution in [0.5, 0.6) is 5.75 Å². The van der Waals surface area contributed by atoms with Gasteiger partial charge >= 0.3 is 0 Å². The van der Waals surface area contributed by atoms with E-state index in [1.54, 1.807) is 6.92 Å². The molecule has 1 amide bonds. The number of hydrogen-bond acceptors (Lipinski definition) is 3. The number of fused-ring (bicyclic) bond motifs is 1. The van der Waals surface area contributed by atoms with Gasteiger partial charge < -0.3 is 14.2 Å². The SMILES string of the molecule is CC(=O)N1CCC[C@H]1c1nc2ccccc2n1CCOc1ccc(Cl)cc1. The number of halogens is 1. The van der Waals surface area contributed by atoms with E-state index in [9.17, 15) is 4.79 Å². The molecule has 0 unspecified atom stereocenters. The Labute approximate surface area is 163 Å². The number of rotatable bonds is 5. The summed E-state index contributed by atoms with van der Waals surface area (Å²) in [4.78, 5) is 18.8. The second-order valence-electron chi connectivity index (χ2n) is 6.78. The van der Waals surface area contributed by atoms with E-state index >= 15 is 0 Å². The first-order valence-corrected chi connectivity index (χ1v) is 9.62. The van der Waals surface area contributed by atoms with Crippen LogP contribution in [0.2, 0.25) is 5.02 Å². The smallest absolute Gasteiger partial charge is 0.220 e. The van der Waals surface area contributed by atoms with Crippen molar-refractivity contribution in [1.29, 1.82) is 0 Å². The molecule has 0 radical (unpaired) electrons. The number of ether oxygens (including phenoxy) is 1. The van der Waals surface area contributed by atoms with Crippen molar-refractivity contribution in [2.24, 2.45) is 0 Å². The van der Waals surface area contributed by atoms with Gasteiger partial charge in [0.1, 0.15) is 18.2 Å². The maximum absolute atomic E-state index is 12.0. The number of nitrogens with zero attached hydrogens (tertiary/aromatic N) is 3. The molecule has 1 fully saturated rings. The summed E-state index contributed by atoms with van der Waals surface area (Å²) in [5.74, 6) is 1.84. The van der Waals surface area contributed by atoms with Crippen LogP contribution >= 0.6 is 11.6 Å².